The molecule has 0 spiro atoms. The number of nitrogens with two attached hydrogens (primary N) is 1. The van der Waals surface area contributed by atoms with Gasteiger partial charge in [-0.05, 0) is 88.8 Å². The van der Waals surface area contributed by atoms with Gasteiger partial charge in [0.2, 0.25) is 0 Å². The van der Waals surface area contributed by atoms with Crippen LogP contribution in [0.2, 0.25) is 0 Å². The summed E-state index contributed by atoms with van der Waals surface area (Å²) in [6, 6.07) is 30.8. The standard InChI is InChI=1S/C36H27N5O8S2/c37-34-33-25(20-31(50(44,45)46)30(36(33)43)19-6-22-4-2-1-3-5-22)21-32(51(47,48)49)35(34)41-40-27-13-9-24(10-14-27)23-7-11-26(12-8-23)38-39-28-15-17-29(42)18-16-28/h1-21,42-43H,37H2,(H,44,45,46)(H,47,48,49)/b19-6+,39-38?,41-40?. The maximum atomic E-state index is 12.4. The highest BCUT2D eigenvalue weighted by Gasteiger charge is 2.27. The van der Waals surface area contributed by atoms with Crippen LogP contribution in [0.1, 0.15) is 11.1 Å². The van der Waals surface area contributed by atoms with E-state index in [9.17, 15) is 36.2 Å². The first kappa shape index (κ1) is 34.6. The number of phenols is 2. The summed E-state index contributed by atoms with van der Waals surface area (Å²) < 4.78 is 69.6. The zero-order chi connectivity index (χ0) is 36.3. The number of anilines is 1. The molecule has 0 bridgehead atoms. The molecule has 0 aliphatic rings. The molecule has 0 aliphatic heterocycles. The van der Waals surface area contributed by atoms with Crippen LogP contribution >= 0.6 is 0 Å². The summed E-state index contributed by atoms with van der Waals surface area (Å²) in [6.07, 6.45) is 2.77. The molecule has 0 saturated heterocycles. The van der Waals surface area contributed by atoms with E-state index in [1.54, 1.807) is 78.9 Å². The topological polar surface area (TPSA) is 225 Å². The minimum atomic E-state index is -5.00. The Morgan fingerprint density at radius 3 is 1.55 bits per heavy atom. The van der Waals surface area contributed by atoms with E-state index in [1.807, 2.05) is 12.1 Å². The van der Waals surface area contributed by atoms with Crippen molar-refractivity contribution in [2.24, 2.45) is 20.5 Å². The van der Waals surface area contributed by atoms with E-state index in [1.165, 1.54) is 24.3 Å². The lowest BCUT2D eigenvalue weighted by Gasteiger charge is -2.15. The van der Waals surface area contributed by atoms with Gasteiger partial charge >= 0.3 is 0 Å². The van der Waals surface area contributed by atoms with Crippen LogP contribution in [0.15, 0.2) is 146 Å². The average Bonchev–Trinajstić information content (AvgIpc) is 3.10. The molecule has 0 fully saturated rings. The van der Waals surface area contributed by atoms with E-state index in [4.69, 9.17) is 5.73 Å². The maximum absolute atomic E-state index is 12.4. The van der Waals surface area contributed by atoms with E-state index in [2.05, 4.69) is 20.5 Å². The van der Waals surface area contributed by atoms with Crippen molar-refractivity contribution >= 4 is 71.6 Å². The van der Waals surface area contributed by atoms with Gasteiger partial charge in [-0.3, -0.25) is 9.11 Å². The zero-order valence-electron chi connectivity index (χ0n) is 26.2. The molecule has 0 saturated carbocycles. The Labute approximate surface area is 291 Å². The van der Waals surface area contributed by atoms with Gasteiger partial charge < -0.3 is 15.9 Å². The first-order chi connectivity index (χ1) is 24.3. The molecule has 6 rings (SSSR count). The largest absolute Gasteiger partial charge is 0.508 e. The molecule has 0 aliphatic carbocycles. The van der Waals surface area contributed by atoms with Crippen molar-refractivity contribution in [2.75, 3.05) is 5.73 Å². The Bertz CT molecular complexity index is 2580. The molecule has 6 N–H and O–H groups in total. The van der Waals surface area contributed by atoms with Gasteiger partial charge in [0.05, 0.1) is 22.7 Å². The molecular weight excluding hydrogens is 695 g/mol. The van der Waals surface area contributed by atoms with Crippen LogP contribution in [0.4, 0.5) is 28.4 Å². The van der Waals surface area contributed by atoms with E-state index >= 15 is 0 Å². The molecule has 6 aromatic rings. The lowest BCUT2D eigenvalue weighted by atomic mass is 10.0. The van der Waals surface area contributed by atoms with Crippen LogP contribution in [0.5, 0.6) is 11.5 Å². The number of benzene rings is 6. The molecule has 0 heterocycles. The quantitative estimate of drug-likeness (QED) is 0.0415. The number of nitrogen functional groups attached to an aromatic ring is 1. The van der Waals surface area contributed by atoms with E-state index in [0.29, 0.717) is 16.9 Å². The summed E-state index contributed by atoms with van der Waals surface area (Å²) in [5.41, 5.74) is 8.91. The van der Waals surface area contributed by atoms with Gasteiger partial charge in [-0.25, -0.2) is 0 Å². The highest BCUT2D eigenvalue weighted by Crippen LogP contribution is 2.45. The van der Waals surface area contributed by atoms with Crippen molar-refractivity contribution in [1.82, 2.24) is 0 Å². The number of hydrogen-bond donors (Lipinski definition) is 5. The molecule has 0 amide bonds. The first-order valence-corrected chi connectivity index (χ1v) is 17.8. The highest BCUT2D eigenvalue weighted by molar-refractivity contribution is 7.86. The lowest BCUT2D eigenvalue weighted by Crippen LogP contribution is -2.05. The molecule has 6 aromatic carbocycles. The molecule has 13 nitrogen and oxygen atoms in total. The van der Waals surface area contributed by atoms with E-state index in [-0.39, 0.29) is 27.8 Å². The van der Waals surface area contributed by atoms with Crippen molar-refractivity contribution < 1.29 is 36.2 Å². The van der Waals surface area contributed by atoms with Crippen LogP contribution in [0, 0.1) is 0 Å². The fraction of sp³-hybridized carbons (Fsp3) is 0. The zero-order valence-corrected chi connectivity index (χ0v) is 27.9. The summed E-state index contributed by atoms with van der Waals surface area (Å²) in [5.74, 6) is -0.548. The second kappa shape index (κ2) is 13.9. The van der Waals surface area contributed by atoms with E-state index < -0.39 is 47.2 Å². The minimum Gasteiger partial charge on any atom is -0.508 e. The predicted molar refractivity (Wildman–Crippen MR) is 193 cm³/mol. The Morgan fingerprint density at radius 2 is 1.04 bits per heavy atom. The van der Waals surface area contributed by atoms with Crippen LogP contribution in [0.25, 0.3) is 34.1 Å². The van der Waals surface area contributed by atoms with Crippen LogP contribution in [-0.2, 0) is 20.2 Å². The molecule has 15 heteroatoms. The number of phenolic OH excluding ortho intramolecular Hbond substituents is 2. The summed E-state index contributed by atoms with van der Waals surface area (Å²) in [6.45, 7) is 0. The molecule has 0 aromatic heterocycles. The van der Waals surface area contributed by atoms with Gasteiger partial charge in [-0.1, -0.05) is 60.7 Å². The van der Waals surface area contributed by atoms with Crippen molar-refractivity contribution in [3.8, 4) is 22.6 Å². The molecule has 51 heavy (non-hydrogen) atoms. The third-order valence-corrected chi connectivity index (χ3v) is 9.40. The third kappa shape index (κ3) is 7.82. The summed E-state index contributed by atoms with van der Waals surface area (Å²) in [5, 5.41) is 36.8. The van der Waals surface area contributed by atoms with Gasteiger partial charge in [-0.2, -0.15) is 32.2 Å². The van der Waals surface area contributed by atoms with E-state index in [0.717, 1.165) is 23.3 Å². The predicted octanol–water partition coefficient (Wildman–Crippen LogP) is 8.99. The van der Waals surface area contributed by atoms with Gasteiger partial charge in [0.1, 0.15) is 27.0 Å². The van der Waals surface area contributed by atoms with Gasteiger partial charge in [-0.15, -0.1) is 5.11 Å². The number of aromatic hydroxyl groups is 2. The van der Waals surface area contributed by atoms with Gasteiger partial charge in [0.15, 0.2) is 0 Å². The SMILES string of the molecule is Nc1c(N=Nc2ccc(-c3ccc(N=Nc4ccc(O)cc4)cc3)cc2)c(S(=O)(=O)O)cc2cc(S(=O)(=O)O)c(/C=C/c3ccccc3)c(O)c12. The van der Waals surface area contributed by atoms with Crippen LogP contribution in [0.3, 0.4) is 0 Å². The molecule has 0 unspecified atom stereocenters. The Morgan fingerprint density at radius 1 is 0.569 bits per heavy atom. The molecule has 0 radical (unpaired) electrons. The van der Waals surface area contributed by atoms with Crippen LogP contribution < -0.4 is 5.73 Å². The maximum Gasteiger partial charge on any atom is 0.296 e. The lowest BCUT2D eigenvalue weighted by molar-refractivity contribution is 0.469. The van der Waals surface area contributed by atoms with Crippen LogP contribution in [-0.4, -0.2) is 36.2 Å². The minimum absolute atomic E-state index is 0.132. The Hall–Kier alpha value is -6.26. The normalized spacial score (nSPS) is 12.4. The summed E-state index contributed by atoms with van der Waals surface area (Å²) in [7, 11) is -9.93. The smallest absolute Gasteiger partial charge is 0.296 e. The fourth-order valence-corrected chi connectivity index (χ4v) is 6.53. The summed E-state index contributed by atoms with van der Waals surface area (Å²) in [4.78, 5) is -1.52. The molecule has 256 valence electrons. The number of nitrogens with zero attached hydrogens (tertiary/aromatic N) is 4. The monoisotopic (exact) mass is 721 g/mol. The number of hydrogen-bond acceptors (Lipinski definition) is 11. The van der Waals surface area contributed by atoms with Crippen molar-refractivity contribution in [3.05, 3.63) is 126 Å². The molecular formula is C36H27N5O8S2. The Balaban J connectivity index is 1.34. The third-order valence-electron chi connectivity index (χ3n) is 7.64. The van der Waals surface area contributed by atoms with Crippen molar-refractivity contribution in [3.63, 3.8) is 0 Å². The van der Waals surface area contributed by atoms with Gasteiger partial charge in [0, 0.05) is 10.9 Å². The van der Waals surface area contributed by atoms with Gasteiger partial charge in [0.25, 0.3) is 20.2 Å². The van der Waals surface area contributed by atoms with Crippen molar-refractivity contribution in [2.45, 2.75) is 9.79 Å². The average molecular weight is 722 g/mol. The Kier molecular flexibility index (Phi) is 9.45. The second-order valence-corrected chi connectivity index (χ2v) is 13.9. The summed E-state index contributed by atoms with van der Waals surface area (Å²) >= 11 is 0. The first-order valence-electron chi connectivity index (χ1n) is 14.9. The fourth-order valence-electron chi connectivity index (χ4n) is 5.14. The highest BCUT2D eigenvalue weighted by atomic mass is 32.2. The number of azo groups is 2. The van der Waals surface area contributed by atoms with Crippen molar-refractivity contribution in [1.29, 1.82) is 0 Å². The molecule has 0 atom stereocenters. The number of fused-ring (bicyclic) bond motifs is 1. The second-order valence-electron chi connectivity index (χ2n) is 11.1. The number of rotatable bonds is 9.